The normalized spacial score (nSPS) is 29.7. The van der Waals surface area contributed by atoms with Crippen molar-refractivity contribution in [1.29, 1.82) is 0 Å². The van der Waals surface area contributed by atoms with E-state index in [9.17, 15) is 0 Å². The zero-order valence-electron chi connectivity index (χ0n) is 14.7. The molecule has 3 heteroatoms. The van der Waals surface area contributed by atoms with Crippen LogP contribution >= 0.6 is 0 Å². The first-order valence-electron chi connectivity index (χ1n) is 9.18. The van der Waals surface area contributed by atoms with Gasteiger partial charge in [-0.2, -0.15) is 0 Å². The Morgan fingerprint density at radius 3 is 2.43 bits per heavy atom. The average molecular weight is 296 g/mol. The molecule has 1 heterocycles. The Hall–Kier alpha value is -0.120. The van der Waals surface area contributed by atoms with Crippen molar-refractivity contribution in [2.75, 3.05) is 32.8 Å². The lowest BCUT2D eigenvalue weighted by Crippen LogP contribution is -2.70. The van der Waals surface area contributed by atoms with Crippen LogP contribution in [0.5, 0.6) is 0 Å². The number of hydrogen-bond donors (Lipinski definition) is 1. The average Bonchev–Trinajstić information content (AvgIpc) is 3.34. The van der Waals surface area contributed by atoms with Gasteiger partial charge < -0.3 is 10.1 Å². The fraction of sp³-hybridized carbons (Fsp3) is 1.00. The first-order chi connectivity index (χ1) is 10.1. The Bertz CT molecular complexity index is 312. The fourth-order valence-electron chi connectivity index (χ4n) is 3.77. The minimum atomic E-state index is 0.317. The third-order valence-corrected chi connectivity index (χ3v) is 6.00. The molecule has 2 rings (SSSR count). The summed E-state index contributed by atoms with van der Waals surface area (Å²) in [5.74, 6) is 0.896. The van der Waals surface area contributed by atoms with E-state index in [2.05, 4.69) is 37.9 Å². The predicted molar refractivity (Wildman–Crippen MR) is 89.7 cm³/mol. The molecule has 0 radical (unpaired) electrons. The van der Waals surface area contributed by atoms with Crippen molar-refractivity contribution in [3.8, 4) is 0 Å². The first-order valence-corrected chi connectivity index (χ1v) is 9.18. The molecule has 0 aromatic rings. The molecular formula is C18H36N2O. The van der Waals surface area contributed by atoms with Gasteiger partial charge in [0.25, 0.3) is 0 Å². The van der Waals surface area contributed by atoms with Crippen LogP contribution in [0.3, 0.4) is 0 Å². The van der Waals surface area contributed by atoms with Crippen molar-refractivity contribution < 1.29 is 4.74 Å². The van der Waals surface area contributed by atoms with Crippen LogP contribution in [-0.4, -0.2) is 48.8 Å². The quantitative estimate of drug-likeness (QED) is 0.660. The standard InChI is InChI=1S/C18H36N2O/c1-5-8-12-21-13-11-20-15-18(6-2,7-3)19-14-17(20,4)16-9-10-16/h16,19H,5-15H2,1-4H3. The SMILES string of the molecule is CCCCOCCN1CC(CC)(CC)NCC1(C)C1CC1. The maximum absolute atomic E-state index is 5.84. The highest BCUT2D eigenvalue weighted by molar-refractivity contribution is 5.08. The summed E-state index contributed by atoms with van der Waals surface area (Å²) >= 11 is 0. The topological polar surface area (TPSA) is 24.5 Å². The van der Waals surface area contributed by atoms with Crippen LogP contribution in [0.15, 0.2) is 0 Å². The molecule has 2 aliphatic rings. The third-order valence-electron chi connectivity index (χ3n) is 6.00. The molecule has 2 fully saturated rings. The lowest BCUT2D eigenvalue weighted by atomic mass is 9.82. The van der Waals surface area contributed by atoms with Gasteiger partial charge in [-0.1, -0.05) is 27.2 Å². The molecule has 0 amide bonds. The Morgan fingerprint density at radius 1 is 1.14 bits per heavy atom. The van der Waals surface area contributed by atoms with E-state index in [0.29, 0.717) is 11.1 Å². The summed E-state index contributed by atoms with van der Waals surface area (Å²) in [4.78, 5) is 2.75. The number of unbranched alkanes of at least 4 members (excludes halogenated alkanes) is 1. The van der Waals surface area contributed by atoms with Gasteiger partial charge >= 0.3 is 0 Å². The van der Waals surface area contributed by atoms with Gasteiger partial charge in [0.05, 0.1) is 6.61 Å². The van der Waals surface area contributed by atoms with E-state index in [-0.39, 0.29) is 0 Å². The maximum atomic E-state index is 5.84. The van der Waals surface area contributed by atoms with Crippen molar-refractivity contribution in [3.05, 3.63) is 0 Å². The number of piperazine rings is 1. The van der Waals surface area contributed by atoms with Gasteiger partial charge in [0.15, 0.2) is 0 Å². The van der Waals surface area contributed by atoms with Gasteiger partial charge in [-0.25, -0.2) is 0 Å². The molecule has 0 spiro atoms. The molecule has 21 heavy (non-hydrogen) atoms. The fourth-order valence-corrected chi connectivity index (χ4v) is 3.77. The van der Waals surface area contributed by atoms with E-state index in [1.54, 1.807) is 0 Å². The van der Waals surface area contributed by atoms with Gasteiger partial charge in [-0.3, -0.25) is 4.90 Å². The molecule has 1 aliphatic carbocycles. The van der Waals surface area contributed by atoms with Crippen molar-refractivity contribution in [2.24, 2.45) is 5.92 Å². The monoisotopic (exact) mass is 296 g/mol. The minimum absolute atomic E-state index is 0.317. The Kier molecular flexibility index (Phi) is 6.10. The Labute approximate surface area is 131 Å². The second kappa shape index (κ2) is 7.43. The van der Waals surface area contributed by atoms with Gasteiger partial charge in [-0.15, -0.1) is 0 Å². The van der Waals surface area contributed by atoms with Crippen molar-refractivity contribution in [1.82, 2.24) is 10.2 Å². The summed E-state index contributed by atoms with van der Waals surface area (Å²) in [6, 6.07) is 0. The summed E-state index contributed by atoms with van der Waals surface area (Å²) < 4.78 is 5.84. The lowest BCUT2D eigenvalue weighted by Gasteiger charge is -2.53. The molecule has 124 valence electrons. The first kappa shape index (κ1) is 17.2. The van der Waals surface area contributed by atoms with Crippen molar-refractivity contribution in [3.63, 3.8) is 0 Å². The van der Waals surface area contributed by atoms with Crippen LogP contribution in [0, 0.1) is 5.92 Å². The largest absolute Gasteiger partial charge is 0.380 e. The molecular weight excluding hydrogens is 260 g/mol. The summed E-state index contributed by atoms with van der Waals surface area (Å²) in [7, 11) is 0. The van der Waals surface area contributed by atoms with E-state index in [1.807, 2.05) is 0 Å². The molecule has 1 saturated carbocycles. The highest BCUT2D eigenvalue weighted by atomic mass is 16.5. The molecule has 0 bridgehead atoms. The van der Waals surface area contributed by atoms with Crippen LogP contribution in [0.2, 0.25) is 0 Å². The smallest absolute Gasteiger partial charge is 0.0593 e. The Morgan fingerprint density at radius 2 is 1.86 bits per heavy atom. The van der Waals surface area contributed by atoms with E-state index >= 15 is 0 Å². The van der Waals surface area contributed by atoms with Crippen LogP contribution in [-0.2, 0) is 4.74 Å². The molecule has 0 aromatic heterocycles. The van der Waals surface area contributed by atoms with Gasteiger partial charge in [0.2, 0.25) is 0 Å². The number of hydrogen-bond acceptors (Lipinski definition) is 3. The molecule has 3 nitrogen and oxygen atoms in total. The lowest BCUT2D eigenvalue weighted by molar-refractivity contribution is -0.0212. The highest BCUT2D eigenvalue weighted by Crippen LogP contribution is 2.45. The second-order valence-corrected chi connectivity index (χ2v) is 7.36. The number of ether oxygens (including phenoxy) is 1. The van der Waals surface area contributed by atoms with Crippen LogP contribution in [0.4, 0.5) is 0 Å². The number of rotatable bonds is 9. The van der Waals surface area contributed by atoms with Crippen molar-refractivity contribution >= 4 is 0 Å². The zero-order valence-corrected chi connectivity index (χ0v) is 14.7. The summed E-state index contributed by atoms with van der Waals surface area (Å²) in [6.45, 7) is 14.6. The van der Waals surface area contributed by atoms with E-state index in [4.69, 9.17) is 4.74 Å². The molecule has 1 saturated heterocycles. The number of nitrogens with zero attached hydrogens (tertiary/aromatic N) is 1. The zero-order chi connectivity index (χ0) is 15.3. The van der Waals surface area contributed by atoms with Crippen LogP contribution < -0.4 is 5.32 Å². The van der Waals surface area contributed by atoms with Gasteiger partial charge in [0, 0.05) is 37.3 Å². The summed E-state index contributed by atoms with van der Waals surface area (Å²) in [6.07, 6.45) is 7.68. The minimum Gasteiger partial charge on any atom is -0.380 e. The third kappa shape index (κ3) is 4.00. The van der Waals surface area contributed by atoms with E-state index < -0.39 is 0 Å². The molecule has 1 unspecified atom stereocenters. The molecule has 1 atom stereocenters. The van der Waals surface area contributed by atoms with E-state index in [0.717, 1.165) is 32.2 Å². The maximum Gasteiger partial charge on any atom is 0.0593 e. The molecule has 1 N–H and O–H groups in total. The van der Waals surface area contributed by atoms with E-state index in [1.165, 1.54) is 45.1 Å². The van der Waals surface area contributed by atoms with Crippen LogP contribution in [0.25, 0.3) is 0 Å². The molecule has 1 aliphatic heterocycles. The van der Waals surface area contributed by atoms with Gasteiger partial charge in [-0.05, 0) is 44.9 Å². The second-order valence-electron chi connectivity index (χ2n) is 7.36. The highest BCUT2D eigenvalue weighted by Gasteiger charge is 2.50. The van der Waals surface area contributed by atoms with Gasteiger partial charge in [0.1, 0.15) is 0 Å². The Balaban J connectivity index is 1.93. The number of nitrogens with one attached hydrogen (secondary N) is 1. The summed E-state index contributed by atoms with van der Waals surface area (Å²) in [5, 5.41) is 3.90. The molecule has 0 aromatic carbocycles. The summed E-state index contributed by atoms with van der Waals surface area (Å²) in [5.41, 5.74) is 0.666. The van der Waals surface area contributed by atoms with Crippen LogP contribution in [0.1, 0.15) is 66.2 Å². The van der Waals surface area contributed by atoms with Crippen molar-refractivity contribution in [2.45, 2.75) is 77.3 Å². The predicted octanol–water partition coefficient (Wildman–Crippen LogP) is 3.44.